The van der Waals surface area contributed by atoms with Gasteiger partial charge in [-0.15, -0.1) is 0 Å². The Morgan fingerprint density at radius 2 is 1.79 bits per heavy atom. The molecule has 0 spiro atoms. The first-order chi connectivity index (χ1) is 11.8. The zero-order valence-electron chi connectivity index (χ0n) is 14.0. The van der Waals surface area contributed by atoms with Crippen molar-refractivity contribution in [2.75, 3.05) is 0 Å². The summed E-state index contributed by atoms with van der Waals surface area (Å²) in [6.45, 7) is 0.848. The molecule has 1 fully saturated rings. The number of hydrogen-bond donors (Lipinski definition) is 1. The van der Waals surface area contributed by atoms with Crippen LogP contribution in [0.3, 0.4) is 0 Å². The number of nitrogens with two attached hydrogens (primary N) is 1. The summed E-state index contributed by atoms with van der Waals surface area (Å²) in [5.74, 6) is 0. The van der Waals surface area contributed by atoms with Gasteiger partial charge in [0, 0.05) is 17.0 Å². The van der Waals surface area contributed by atoms with Gasteiger partial charge in [0.15, 0.2) is 0 Å². The van der Waals surface area contributed by atoms with Gasteiger partial charge < -0.3 is 9.73 Å². The first kappa shape index (κ1) is 15.4. The molecule has 0 radical (unpaired) electrons. The Labute approximate surface area is 141 Å². The highest BCUT2D eigenvalue weighted by Gasteiger charge is 2.17. The molecule has 0 bridgehead atoms. The summed E-state index contributed by atoms with van der Waals surface area (Å²) < 4.78 is 5.45. The van der Waals surface area contributed by atoms with Crippen LogP contribution in [0.1, 0.15) is 44.1 Å². The second-order valence-corrected chi connectivity index (χ2v) is 6.94. The van der Waals surface area contributed by atoms with E-state index in [9.17, 15) is 4.79 Å². The van der Waals surface area contributed by atoms with Crippen molar-refractivity contribution in [1.29, 1.82) is 0 Å². The van der Waals surface area contributed by atoms with E-state index in [4.69, 9.17) is 4.42 Å². The Morgan fingerprint density at radius 1 is 1.00 bits per heavy atom. The lowest BCUT2D eigenvalue weighted by Crippen LogP contribution is -2.88. The first-order valence-corrected chi connectivity index (χ1v) is 9.09. The smallest absolute Gasteiger partial charge is 0.336 e. The average molecular weight is 322 g/mol. The Hall–Kier alpha value is -2.13. The van der Waals surface area contributed by atoms with E-state index in [0.717, 1.165) is 17.5 Å². The van der Waals surface area contributed by atoms with Crippen LogP contribution in [0.5, 0.6) is 0 Å². The summed E-state index contributed by atoms with van der Waals surface area (Å²) >= 11 is 0. The Bertz CT molecular complexity index is 904. The molecule has 0 unspecified atom stereocenters. The van der Waals surface area contributed by atoms with Crippen LogP contribution in [0.2, 0.25) is 0 Å². The van der Waals surface area contributed by atoms with Crippen LogP contribution >= 0.6 is 0 Å². The summed E-state index contributed by atoms with van der Waals surface area (Å²) in [7, 11) is 0. The third-order valence-electron chi connectivity index (χ3n) is 5.29. The summed E-state index contributed by atoms with van der Waals surface area (Å²) in [6.07, 6.45) is 7.99. The van der Waals surface area contributed by atoms with E-state index in [1.807, 2.05) is 24.3 Å². The normalized spacial score (nSPS) is 16.5. The van der Waals surface area contributed by atoms with E-state index in [0.29, 0.717) is 11.6 Å². The van der Waals surface area contributed by atoms with Gasteiger partial charge in [0.25, 0.3) is 0 Å². The first-order valence-electron chi connectivity index (χ1n) is 9.09. The van der Waals surface area contributed by atoms with Gasteiger partial charge in [0.2, 0.25) is 0 Å². The van der Waals surface area contributed by atoms with Crippen molar-refractivity contribution < 1.29 is 9.73 Å². The number of fused-ring (bicyclic) bond motifs is 3. The fourth-order valence-electron chi connectivity index (χ4n) is 4.02. The van der Waals surface area contributed by atoms with Crippen LogP contribution in [-0.2, 0) is 6.54 Å². The molecule has 0 saturated heterocycles. The molecule has 2 aromatic carbocycles. The summed E-state index contributed by atoms with van der Waals surface area (Å²) in [4.78, 5) is 12.0. The lowest BCUT2D eigenvalue weighted by atomic mass is 10.0. The minimum absolute atomic E-state index is 0.248. The van der Waals surface area contributed by atoms with Crippen molar-refractivity contribution in [2.24, 2.45) is 0 Å². The second kappa shape index (κ2) is 6.78. The van der Waals surface area contributed by atoms with E-state index in [2.05, 4.69) is 17.4 Å². The van der Waals surface area contributed by atoms with Gasteiger partial charge in [-0.05, 0) is 42.5 Å². The van der Waals surface area contributed by atoms with Crippen LogP contribution in [0.15, 0.2) is 51.7 Å². The SMILES string of the molecule is O=c1cc(C[NH2+]C2CCCCCC2)c2c(ccc3ccccc32)o1. The van der Waals surface area contributed by atoms with Gasteiger partial charge in [0.05, 0.1) is 6.04 Å². The number of benzene rings is 2. The lowest BCUT2D eigenvalue weighted by Gasteiger charge is -2.14. The molecule has 1 aliphatic carbocycles. The molecule has 2 N–H and O–H groups in total. The Kier molecular flexibility index (Phi) is 4.35. The average Bonchev–Trinajstić information content (AvgIpc) is 2.88. The Morgan fingerprint density at radius 3 is 2.62 bits per heavy atom. The van der Waals surface area contributed by atoms with Crippen molar-refractivity contribution in [1.82, 2.24) is 0 Å². The van der Waals surface area contributed by atoms with Crippen LogP contribution < -0.4 is 10.9 Å². The molecule has 3 aromatic rings. The predicted octanol–water partition coefficient (Wildman–Crippen LogP) is 3.73. The van der Waals surface area contributed by atoms with E-state index < -0.39 is 0 Å². The molecule has 4 rings (SSSR count). The zero-order valence-corrected chi connectivity index (χ0v) is 14.0. The van der Waals surface area contributed by atoms with Crippen LogP contribution in [0, 0.1) is 0 Å². The third-order valence-corrected chi connectivity index (χ3v) is 5.29. The van der Waals surface area contributed by atoms with Crippen LogP contribution in [0.25, 0.3) is 21.7 Å². The fraction of sp³-hybridized carbons (Fsp3) is 0.381. The maximum absolute atomic E-state index is 12.0. The summed E-state index contributed by atoms with van der Waals surface area (Å²) in [6, 6.07) is 14.6. The van der Waals surface area contributed by atoms with Crippen molar-refractivity contribution in [3.05, 3.63) is 58.4 Å². The molecule has 1 saturated carbocycles. The number of quaternary nitrogens is 1. The van der Waals surface area contributed by atoms with Crippen molar-refractivity contribution in [2.45, 2.75) is 51.1 Å². The lowest BCUT2D eigenvalue weighted by molar-refractivity contribution is -0.705. The quantitative estimate of drug-likeness (QED) is 0.454. The maximum Gasteiger partial charge on any atom is 0.336 e. The maximum atomic E-state index is 12.0. The molecule has 0 amide bonds. The van der Waals surface area contributed by atoms with Gasteiger partial charge in [-0.25, -0.2) is 4.79 Å². The van der Waals surface area contributed by atoms with Crippen LogP contribution in [-0.4, -0.2) is 6.04 Å². The minimum atomic E-state index is -0.248. The monoisotopic (exact) mass is 322 g/mol. The highest BCUT2D eigenvalue weighted by atomic mass is 16.4. The summed E-state index contributed by atoms with van der Waals surface area (Å²) in [5.41, 5.74) is 1.55. The molecule has 24 heavy (non-hydrogen) atoms. The second-order valence-electron chi connectivity index (χ2n) is 6.94. The molecule has 1 aromatic heterocycles. The molecule has 124 valence electrons. The molecular formula is C21H24NO2+. The van der Waals surface area contributed by atoms with Crippen molar-refractivity contribution in [3.63, 3.8) is 0 Å². The van der Waals surface area contributed by atoms with Crippen LogP contribution in [0.4, 0.5) is 0 Å². The topological polar surface area (TPSA) is 46.8 Å². The number of hydrogen-bond acceptors (Lipinski definition) is 2. The third kappa shape index (κ3) is 3.09. The molecule has 1 heterocycles. The fourth-order valence-corrected chi connectivity index (χ4v) is 4.02. The van der Waals surface area contributed by atoms with Gasteiger partial charge >= 0.3 is 5.63 Å². The summed E-state index contributed by atoms with van der Waals surface area (Å²) in [5, 5.41) is 5.89. The van der Waals surface area contributed by atoms with E-state index in [-0.39, 0.29) is 5.63 Å². The minimum Gasteiger partial charge on any atom is -0.423 e. The van der Waals surface area contributed by atoms with Crippen molar-refractivity contribution >= 4 is 21.7 Å². The highest BCUT2D eigenvalue weighted by Crippen LogP contribution is 2.27. The molecule has 3 nitrogen and oxygen atoms in total. The molecular weight excluding hydrogens is 298 g/mol. The highest BCUT2D eigenvalue weighted by molar-refractivity contribution is 6.06. The largest absolute Gasteiger partial charge is 0.423 e. The van der Waals surface area contributed by atoms with Gasteiger partial charge in [-0.2, -0.15) is 0 Å². The zero-order chi connectivity index (χ0) is 16.4. The van der Waals surface area contributed by atoms with Gasteiger partial charge in [-0.1, -0.05) is 43.2 Å². The molecule has 1 aliphatic rings. The molecule has 3 heteroatoms. The number of rotatable bonds is 3. The van der Waals surface area contributed by atoms with Gasteiger partial charge in [-0.3, -0.25) is 0 Å². The van der Waals surface area contributed by atoms with Gasteiger partial charge in [0.1, 0.15) is 12.1 Å². The van der Waals surface area contributed by atoms with E-state index in [1.54, 1.807) is 6.07 Å². The van der Waals surface area contributed by atoms with E-state index >= 15 is 0 Å². The standard InChI is InChI=1S/C21H23NO2/c23-20-13-16(14-22-17-8-3-1-2-4-9-17)21-18-10-6-5-7-15(18)11-12-19(21)24-20/h5-7,10-13,17,22H,1-4,8-9,14H2/p+1. The predicted molar refractivity (Wildman–Crippen MR) is 97.1 cm³/mol. The van der Waals surface area contributed by atoms with E-state index in [1.165, 1.54) is 49.3 Å². The van der Waals surface area contributed by atoms with Crippen molar-refractivity contribution in [3.8, 4) is 0 Å². The molecule has 0 aliphatic heterocycles. The molecule has 0 atom stereocenters. The Balaban J connectivity index is 1.73.